The fourth-order valence-electron chi connectivity index (χ4n) is 3.45. The van der Waals surface area contributed by atoms with Gasteiger partial charge in [0, 0.05) is 38.3 Å². The Balaban J connectivity index is 1.30. The molecule has 0 bridgehead atoms. The number of piperazine rings is 1. The number of halogens is 3. The van der Waals surface area contributed by atoms with Gasteiger partial charge in [-0.3, -0.25) is 9.69 Å². The average molecular weight is 463 g/mol. The van der Waals surface area contributed by atoms with Crippen molar-refractivity contribution < 1.29 is 18.3 Å². The van der Waals surface area contributed by atoms with E-state index in [0.717, 1.165) is 0 Å². The lowest BCUT2D eigenvalue weighted by Crippen LogP contribution is -2.48. The monoisotopic (exact) mass is 462 g/mol. The summed E-state index contributed by atoms with van der Waals surface area (Å²) in [5.74, 6) is 0.850. The summed E-state index contributed by atoms with van der Waals surface area (Å²) in [5.41, 5.74) is 0.665. The third-order valence-corrected chi connectivity index (χ3v) is 5.97. The van der Waals surface area contributed by atoms with E-state index in [1.807, 2.05) is 6.07 Å². The summed E-state index contributed by atoms with van der Waals surface area (Å²) < 4.78 is 25.2. The van der Waals surface area contributed by atoms with E-state index in [2.05, 4.69) is 4.90 Å². The number of ether oxygens (including phenoxy) is 1. The highest BCUT2D eigenvalue weighted by Gasteiger charge is 2.24. The molecule has 3 aromatic rings. The zero-order valence-corrected chi connectivity index (χ0v) is 18.2. The van der Waals surface area contributed by atoms with Crippen LogP contribution in [0.2, 0.25) is 10.0 Å². The SMILES string of the molecule is O=C(c1ccc(COc2cccc(Cl)c2Cl)o1)N1CCN(Cc2ccccc2F)CC1. The molecular weight excluding hydrogens is 442 g/mol. The first-order chi connectivity index (χ1) is 15.0. The predicted molar refractivity (Wildman–Crippen MR) is 117 cm³/mol. The van der Waals surface area contributed by atoms with Gasteiger partial charge in [0.2, 0.25) is 0 Å². The molecule has 0 radical (unpaired) electrons. The number of amides is 1. The molecular formula is C23H21Cl2FN2O3. The van der Waals surface area contributed by atoms with Crippen LogP contribution in [0, 0.1) is 5.82 Å². The number of hydrogen-bond acceptors (Lipinski definition) is 4. The summed E-state index contributed by atoms with van der Waals surface area (Å²) in [5, 5.41) is 0.740. The van der Waals surface area contributed by atoms with Crippen LogP contribution in [0.1, 0.15) is 21.9 Å². The van der Waals surface area contributed by atoms with E-state index in [0.29, 0.717) is 59.8 Å². The molecule has 1 aliphatic heterocycles. The molecule has 4 rings (SSSR count). The normalized spacial score (nSPS) is 14.6. The third-order valence-electron chi connectivity index (χ3n) is 5.17. The van der Waals surface area contributed by atoms with Gasteiger partial charge in [-0.1, -0.05) is 47.5 Å². The summed E-state index contributed by atoms with van der Waals surface area (Å²) in [4.78, 5) is 16.7. The molecule has 0 N–H and O–H groups in total. The van der Waals surface area contributed by atoms with E-state index >= 15 is 0 Å². The second kappa shape index (κ2) is 9.73. The minimum Gasteiger partial charge on any atom is -0.484 e. The predicted octanol–water partition coefficient (Wildman–Crippen LogP) is 5.26. The minimum atomic E-state index is -0.203. The molecule has 2 heterocycles. The van der Waals surface area contributed by atoms with Gasteiger partial charge in [0.15, 0.2) is 5.76 Å². The largest absolute Gasteiger partial charge is 0.484 e. The standard InChI is InChI=1S/C23H21Cl2FN2O3/c24-18-5-3-7-20(22(18)25)30-15-17-8-9-21(31-17)23(29)28-12-10-27(11-13-28)14-16-4-1-2-6-19(16)26/h1-9H,10-15H2. The summed E-state index contributed by atoms with van der Waals surface area (Å²) in [6.45, 7) is 3.11. The Morgan fingerprint density at radius 2 is 1.77 bits per heavy atom. The van der Waals surface area contributed by atoms with Crippen LogP contribution in [0.4, 0.5) is 4.39 Å². The Morgan fingerprint density at radius 3 is 2.55 bits per heavy atom. The number of hydrogen-bond donors (Lipinski definition) is 0. The molecule has 1 aliphatic rings. The molecule has 5 nitrogen and oxygen atoms in total. The topological polar surface area (TPSA) is 45.9 Å². The molecule has 0 spiro atoms. The van der Waals surface area contributed by atoms with E-state index in [-0.39, 0.29) is 24.1 Å². The molecule has 0 atom stereocenters. The van der Waals surface area contributed by atoms with Crippen molar-refractivity contribution in [3.63, 3.8) is 0 Å². The first-order valence-electron chi connectivity index (χ1n) is 9.92. The second-order valence-electron chi connectivity index (χ2n) is 7.27. The molecule has 0 saturated carbocycles. The summed E-state index contributed by atoms with van der Waals surface area (Å²) >= 11 is 12.1. The van der Waals surface area contributed by atoms with Gasteiger partial charge in [-0.05, 0) is 30.3 Å². The average Bonchev–Trinajstić information content (AvgIpc) is 3.25. The van der Waals surface area contributed by atoms with Crippen LogP contribution >= 0.6 is 23.2 Å². The maximum absolute atomic E-state index is 13.9. The number of benzene rings is 2. The molecule has 0 unspecified atom stereocenters. The van der Waals surface area contributed by atoms with Gasteiger partial charge in [-0.2, -0.15) is 0 Å². The van der Waals surface area contributed by atoms with Gasteiger partial charge in [0.05, 0.1) is 5.02 Å². The molecule has 1 fully saturated rings. The molecule has 1 amide bonds. The van der Waals surface area contributed by atoms with Crippen LogP contribution in [-0.2, 0) is 13.2 Å². The van der Waals surface area contributed by atoms with Crippen molar-refractivity contribution in [1.82, 2.24) is 9.80 Å². The minimum absolute atomic E-state index is 0.129. The third kappa shape index (κ3) is 5.21. The van der Waals surface area contributed by atoms with Crippen molar-refractivity contribution in [3.05, 3.63) is 87.5 Å². The van der Waals surface area contributed by atoms with Gasteiger partial charge >= 0.3 is 0 Å². The summed E-state index contributed by atoms with van der Waals surface area (Å²) in [6.07, 6.45) is 0. The fraction of sp³-hybridized carbons (Fsp3) is 0.261. The molecule has 1 saturated heterocycles. The van der Waals surface area contributed by atoms with Crippen LogP contribution in [0.25, 0.3) is 0 Å². The van der Waals surface area contributed by atoms with E-state index in [1.54, 1.807) is 47.4 Å². The van der Waals surface area contributed by atoms with Crippen molar-refractivity contribution in [2.75, 3.05) is 26.2 Å². The van der Waals surface area contributed by atoms with E-state index < -0.39 is 0 Å². The summed E-state index contributed by atoms with van der Waals surface area (Å²) in [6, 6.07) is 15.3. The first kappa shape index (κ1) is 21.7. The smallest absolute Gasteiger partial charge is 0.289 e. The van der Waals surface area contributed by atoms with Crippen LogP contribution in [-0.4, -0.2) is 41.9 Å². The number of carbonyl (C=O) groups is 1. The lowest BCUT2D eigenvalue weighted by Gasteiger charge is -2.34. The molecule has 31 heavy (non-hydrogen) atoms. The van der Waals surface area contributed by atoms with Crippen molar-refractivity contribution in [2.24, 2.45) is 0 Å². The zero-order chi connectivity index (χ0) is 21.8. The van der Waals surface area contributed by atoms with E-state index in [1.165, 1.54) is 6.07 Å². The Hall–Kier alpha value is -2.54. The van der Waals surface area contributed by atoms with Crippen molar-refractivity contribution in [1.29, 1.82) is 0 Å². The molecule has 2 aromatic carbocycles. The van der Waals surface area contributed by atoms with Crippen molar-refractivity contribution in [2.45, 2.75) is 13.2 Å². The van der Waals surface area contributed by atoms with Gasteiger partial charge in [-0.15, -0.1) is 0 Å². The van der Waals surface area contributed by atoms with Gasteiger partial charge in [0.1, 0.15) is 29.0 Å². The quantitative estimate of drug-likeness (QED) is 0.500. The first-order valence-corrected chi connectivity index (χ1v) is 10.7. The van der Waals surface area contributed by atoms with Gasteiger partial charge in [-0.25, -0.2) is 4.39 Å². The lowest BCUT2D eigenvalue weighted by molar-refractivity contribution is 0.0592. The lowest BCUT2D eigenvalue weighted by atomic mass is 10.2. The second-order valence-corrected chi connectivity index (χ2v) is 8.05. The highest BCUT2D eigenvalue weighted by atomic mass is 35.5. The maximum atomic E-state index is 13.9. The highest BCUT2D eigenvalue weighted by molar-refractivity contribution is 6.42. The van der Waals surface area contributed by atoms with Gasteiger partial charge in [0.25, 0.3) is 5.91 Å². The van der Waals surface area contributed by atoms with E-state index in [9.17, 15) is 9.18 Å². The van der Waals surface area contributed by atoms with Crippen LogP contribution < -0.4 is 4.74 Å². The number of furan rings is 1. The number of rotatable bonds is 6. The maximum Gasteiger partial charge on any atom is 0.289 e. The van der Waals surface area contributed by atoms with Crippen LogP contribution in [0.5, 0.6) is 5.75 Å². The zero-order valence-electron chi connectivity index (χ0n) is 16.7. The van der Waals surface area contributed by atoms with Crippen molar-refractivity contribution >= 4 is 29.1 Å². The fourth-order valence-corrected chi connectivity index (χ4v) is 3.79. The van der Waals surface area contributed by atoms with Crippen LogP contribution in [0.3, 0.4) is 0 Å². The Kier molecular flexibility index (Phi) is 6.80. The Bertz CT molecular complexity index is 1060. The Morgan fingerprint density at radius 1 is 1.00 bits per heavy atom. The van der Waals surface area contributed by atoms with Crippen LogP contribution in [0.15, 0.2) is 59.0 Å². The number of nitrogens with zero attached hydrogens (tertiary/aromatic N) is 2. The molecule has 162 valence electrons. The molecule has 8 heteroatoms. The number of carbonyl (C=O) groups excluding carboxylic acids is 1. The molecule has 1 aromatic heterocycles. The highest BCUT2D eigenvalue weighted by Crippen LogP contribution is 2.32. The van der Waals surface area contributed by atoms with E-state index in [4.69, 9.17) is 32.4 Å². The molecule has 0 aliphatic carbocycles. The summed E-state index contributed by atoms with van der Waals surface area (Å²) in [7, 11) is 0. The Labute approximate surface area is 189 Å². The van der Waals surface area contributed by atoms with Crippen molar-refractivity contribution in [3.8, 4) is 5.75 Å². The van der Waals surface area contributed by atoms with Gasteiger partial charge < -0.3 is 14.1 Å².